The summed E-state index contributed by atoms with van der Waals surface area (Å²) in [6, 6.07) is 7.98. The molecule has 0 aromatic heterocycles. The van der Waals surface area contributed by atoms with Crippen LogP contribution in [0.25, 0.3) is 0 Å². The first-order valence-corrected chi connectivity index (χ1v) is 7.86. The van der Waals surface area contributed by atoms with Gasteiger partial charge in [-0.2, -0.15) is 0 Å². The SMILES string of the molecule is CC1CCC1N1CC(N)CC(Cc2ccc(F)cc2)C1. The molecule has 4 unspecified atom stereocenters. The third-order valence-corrected chi connectivity index (χ3v) is 5.08. The third kappa shape index (κ3) is 3.04. The molecule has 0 bridgehead atoms. The van der Waals surface area contributed by atoms with E-state index in [1.54, 1.807) is 12.1 Å². The maximum absolute atomic E-state index is 13.0. The molecule has 1 aliphatic heterocycles. The number of rotatable bonds is 3. The molecule has 2 aliphatic rings. The first-order chi connectivity index (χ1) is 9.61. The van der Waals surface area contributed by atoms with Gasteiger partial charge >= 0.3 is 0 Å². The zero-order valence-electron chi connectivity index (χ0n) is 12.3. The number of benzene rings is 1. The number of hydrogen-bond acceptors (Lipinski definition) is 2. The summed E-state index contributed by atoms with van der Waals surface area (Å²) in [7, 11) is 0. The summed E-state index contributed by atoms with van der Waals surface area (Å²) in [5, 5.41) is 0. The Hall–Kier alpha value is -0.930. The smallest absolute Gasteiger partial charge is 0.123 e. The molecule has 0 amide bonds. The van der Waals surface area contributed by atoms with Crippen molar-refractivity contribution in [1.82, 2.24) is 4.90 Å². The average Bonchev–Trinajstić information content (AvgIpc) is 2.39. The second-order valence-corrected chi connectivity index (χ2v) is 6.77. The van der Waals surface area contributed by atoms with E-state index in [4.69, 9.17) is 5.73 Å². The Morgan fingerprint density at radius 3 is 2.55 bits per heavy atom. The minimum atomic E-state index is -0.154. The van der Waals surface area contributed by atoms with Crippen LogP contribution >= 0.6 is 0 Å². The summed E-state index contributed by atoms with van der Waals surface area (Å²) in [6.07, 6.45) is 4.80. The van der Waals surface area contributed by atoms with Crippen molar-refractivity contribution in [1.29, 1.82) is 0 Å². The van der Waals surface area contributed by atoms with Gasteiger partial charge in [0.25, 0.3) is 0 Å². The van der Waals surface area contributed by atoms with E-state index in [1.807, 2.05) is 12.1 Å². The van der Waals surface area contributed by atoms with Gasteiger partial charge in [0.15, 0.2) is 0 Å². The van der Waals surface area contributed by atoms with E-state index in [2.05, 4.69) is 11.8 Å². The maximum Gasteiger partial charge on any atom is 0.123 e. The van der Waals surface area contributed by atoms with Gasteiger partial charge in [0.2, 0.25) is 0 Å². The van der Waals surface area contributed by atoms with E-state index in [1.165, 1.54) is 18.4 Å². The number of likely N-dealkylation sites (tertiary alicyclic amines) is 1. The van der Waals surface area contributed by atoms with Gasteiger partial charge in [-0.25, -0.2) is 4.39 Å². The number of piperidine rings is 1. The summed E-state index contributed by atoms with van der Waals surface area (Å²) in [6.45, 7) is 4.55. The second kappa shape index (κ2) is 5.82. The molecule has 3 heteroatoms. The van der Waals surface area contributed by atoms with Crippen LogP contribution < -0.4 is 5.73 Å². The van der Waals surface area contributed by atoms with Crippen molar-refractivity contribution in [3.63, 3.8) is 0 Å². The van der Waals surface area contributed by atoms with Gasteiger partial charge in [-0.1, -0.05) is 19.1 Å². The Balaban J connectivity index is 1.62. The van der Waals surface area contributed by atoms with Gasteiger partial charge in [0.1, 0.15) is 5.82 Å². The Morgan fingerprint density at radius 1 is 1.20 bits per heavy atom. The third-order valence-electron chi connectivity index (χ3n) is 5.08. The predicted molar refractivity (Wildman–Crippen MR) is 79.9 cm³/mol. The van der Waals surface area contributed by atoms with Gasteiger partial charge < -0.3 is 5.73 Å². The lowest BCUT2D eigenvalue weighted by atomic mass is 9.77. The molecule has 0 spiro atoms. The molecule has 20 heavy (non-hydrogen) atoms. The molecule has 1 aliphatic carbocycles. The van der Waals surface area contributed by atoms with Gasteiger partial charge in [0, 0.05) is 25.2 Å². The number of nitrogens with zero attached hydrogens (tertiary/aromatic N) is 1. The molecule has 110 valence electrons. The molecule has 1 saturated carbocycles. The molecule has 2 N–H and O–H groups in total. The predicted octanol–water partition coefficient (Wildman–Crippen LogP) is 2.82. The quantitative estimate of drug-likeness (QED) is 0.920. The summed E-state index contributed by atoms with van der Waals surface area (Å²) in [5.41, 5.74) is 7.48. The Labute approximate surface area is 121 Å². The first kappa shape index (κ1) is 14.0. The van der Waals surface area contributed by atoms with Crippen LogP contribution in [0.15, 0.2) is 24.3 Å². The minimum Gasteiger partial charge on any atom is -0.327 e. The first-order valence-electron chi connectivity index (χ1n) is 7.86. The highest BCUT2D eigenvalue weighted by molar-refractivity contribution is 5.17. The van der Waals surface area contributed by atoms with Crippen molar-refractivity contribution >= 4 is 0 Å². The second-order valence-electron chi connectivity index (χ2n) is 6.77. The highest BCUT2D eigenvalue weighted by Crippen LogP contribution is 2.34. The maximum atomic E-state index is 13.0. The van der Waals surface area contributed by atoms with Gasteiger partial charge in [-0.15, -0.1) is 0 Å². The molecule has 0 radical (unpaired) electrons. The van der Waals surface area contributed by atoms with Crippen LogP contribution in [-0.4, -0.2) is 30.1 Å². The van der Waals surface area contributed by atoms with E-state index in [0.717, 1.165) is 37.9 Å². The fourth-order valence-electron chi connectivity index (χ4n) is 3.85. The van der Waals surface area contributed by atoms with Crippen molar-refractivity contribution in [3.05, 3.63) is 35.6 Å². The zero-order valence-corrected chi connectivity index (χ0v) is 12.3. The van der Waals surface area contributed by atoms with Crippen LogP contribution in [-0.2, 0) is 6.42 Å². The highest BCUT2D eigenvalue weighted by atomic mass is 19.1. The van der Waals surface area contributed by atoms with Crippen LogP contribution in [0, 0.1) is 17.7 Å². The molecule has 1 aromatic rings. The molecule has 1 aromatic carbocycles. The zero-order chi connectivity index (χ0) is 14.1. The van der Waals surface area contributed by atoms with Crippen LogP contribution in [0.5, 0.6) is 0 Å². The Bertz CT molecular complexity index is 445. The van der Waals surface area contributed by atoms with Crippen molar-refractivity contribution in [2.24, 2.45) is 17.6 Å². The lowest BCUT2D eigenvalue weighted by molar-refractivity contribution is 0.0288. The summed E-state index contributed by atoms with van der Waals surface area (Å²) in [5.74, 6) is 1.28. The van der Waals surface area contributed by atoms with Crippen LogP contribution in [0.4, 0.5) is 4.39 Å². The highest BCUT2D eigenvalue weighted by Gasteiger charge is 2.36. The van der Waals surface area contributed by atoms with Gasteiger partial charge in [0.05, 0.1) is 0 Å². The van der Waals surface area contributed by atoms with Gasteiger partial charge in [-0.3, -0.25) is 4.90 Å². The number of hydrogen-bond donors (Lipinski definition) is 1. The van der Waals surface area contributed by atoms with E-state index in [9.17, 15) is 4.39 Å². The molecular formula is C17H25FN2. The van der Waals surface area contributed by atoms with E-state index >= 15 is 0 Å². The van der Waals surface area contributed by atoms with E-state index < -0.39 is 0 Å². The largest absolute Gasteiger partial charge is 0.327 e. The molecule has 2 fully saturated rings. The molecular weight excluding hydrogens is 251 g/mol. The number of nitrogens with two attached hydrogens (primary N) is 1. The lowest BCUT2D eigenvalue weighted by Crippen LogP contribution is -2.55. The standard InChI is InChI=1S/C17H25FN2/c1-12-2-7-17(12)20-10-14(9-16(19)11-20)8-13-3-5-15(18)6-4-13/h3-6,12,14,16-17H,2,7-11,19H2,1H3. The monoisotopic (exact) mass is 276 g/mol. The van der Waals surface area contributed by atoms with Crippen LogP contribution in [0.3, 0.4) is 0 Å². The molecule has 1 saturated heterocycles. The van der Waals surface area contributed by atoms with Crippen LogP contribution in [0.1, 0.15) is 31.7 Å². The molecule has 1 heterocycles. The fraction of sp³-hybridized carbons (Fsp3) is 0.647. The Morgan fingerprint density at radius 2 is 1.95 bits per heavy atom. The Kier molecular flexibility index (Phi) is 4.08. The van der Waals surface area contributed by atoms with Gasteiger partial charge in [-0.05, 0) is 55.2 Å². The van der Waals surface area contributed by atoms with Crippen molar-refractivity contribution in [2.75, 3.05) is 13.1 Å². The topological polar surface area (TPSA) is 29.3 Å². The summed E-state index contributed by atoms with van der Waals surface area (Å²) >= 11 is 0. The van der Waals surface area contributed by atoms with E-state index in [0.29, 0.717) is 12.0 Å². The normalized spacial score (nSPS) is 34.8. The number of halogens is 1. The van der Waals surface area contributed by atoms with Crippen molar-refractivity contribution in [2.45, 2.75) is 44.7 Å². The van der Waals surface area contributed by atoms with Crippen molar-refractivity contribution in [3.8, 4) is 0 Å². The summed E-state index contributed by atoms with van der Waals surface area (Å²) < 4.78 is 13.0. The lowest BCUT2D eigenvalue weighted by Gasteiger charge is -2.48. The summed E-state index contributed by atoms with van der Waals surface area (Å²) in [4.78, 5) is 2.61. The fourth-order valence-corrected chi connectivity index (χ4v) is 3.85. The average molecular weight is 276 g/mol. The molecule has 3 rings (SSSR count). The van der Waals surface area contributed by atoms with Crippen LogP contribution in [0.2, 0.25) is 0 Å². The molecule has 4 atom stereocenters. The molecule has 2 nitrogen and oxygen atoms in total. The van der Waals surface area contributed by atoms with E-state index in [-0.39, 0.29) is 5.82 Å². The minimum absolute atomic E-state index is 0.154. The van der Waals surface area contributed by atoms with Crippen molar-refractivity contribution < 1.29 is 4.39 Å².